The number of amides is 1. The van der Waals surface area contributed by atoms with Crippen LogP contribution in [0.5, 0.6) is 0 Å². The summed E-state index contributed by atoms with van der Waals surface area (Å²) in [5, 5.41) is 13.4. The van der Waals surface area contributed by atoms with Crippen LogP contribution in [0.2, 0.25) is 0 Å². The van der Waals surface area contributed by atoms with Crippen molar-refractivity contribution in [2.45, 2.75) is 13.0 Å². The van der Waals surface area contributed by atoms with E-state index < -0.39 is 22.3 Å². The van der Waals surface area contributed by atoms with Gasteiger partial charge in [-0.05, 0) is 18.6 Å². The summed E-state index contributed by atoms with van der Waals surface area (Å²) < 4.78 is 15.0. The number of imidazole rings is 1. The first-order valence-corrected chi connectivity index (χ1v) is 6.26. The van der Waals surface area contributed by atoms with Crippen molar-refractivity contribution >= 4 is 11.6 Å². The molecule has 1 aromatic carbocycles. The van der Waals surface area contributed by atoms with Crippen molar-refractivity contribution in [1.29, 1.82) is 0 Å². The number of hydrogen-bond donors (Lipinski definition) is 1. The molecule has 0 bridgehead atoms. The van der Waals surface area contributed by atoms with Crippen molar-refractivity contribution in [3.8, 4) is 0 Å². The molecule has 0 aliphatic heterocycles. The predicted molar refractivity (Wildman–Crippen MR) is 72.2 cm³/mol. The highest BCUT2D eigenvalue weighted by Crippen LogP contribution is 2.19. The molecule has 0 aliphatic carbocycles. The molecule has 1 aromatic heterocycles. The second-order valence-corrected chi connectivity index (χ2v) is 4.33. The topological polar surface area (TPSA) is 90.1 Å². The number of nitrogens with one attached hydrogen (secondary N) is 1. The molecule has 7 nitrogen and oxygen atoms in total. The summed E-state index contributed by atoms with van der Waals surface area (Å²) in [6.07, 6.45) is 5.72. The summed E-state index contributed by atoms with van der Waals surface area (Å²) in [6, 6.07) is 2.80. The Balaban J connectivity index is 1.93. The van der Waals surface area contributed by atoms with Crippen LogP contribution < -0.4 is 5.32 Å². The molecule has 0 atom stereocenters. The summed E-state index contributed by atoms with van der Waals surface area (Å²) in [4.78, 5) is 25.9. The number of carbonyl (C=O) groups excluding carboxylic acids is 1. The number of carbonyl (C=O) groups is 1. The summed E-state index contributed by atoms with van der Waals surface area (Å²) >= 11 is 0. The number of nitrogens with zero attached hydrogens (tertiary/aromatic N) is 3. The molecular weight excluding hydrogens is 279 g/mol. The van der Waals surface area contributed by atoms with Crippen LogP contribution >= 0.6 is 0 Å². The standard InChI is InChI=1S/C13H13FN4O3/c14-10-2-3-12(18(20)21)11(8-10)13(19)16-4-1-6-17-7-5-15-9-17/h2-3,5,7-9H,1,4,6H2,(H,16,19). The Morgan fingerprint density at radius 3 is 2.95 bits per heavy atom. The summed E-state index contributed by atoms with van der Waals surface area (Å²) in [6.45, 7) is 0.982. The summed E-state index contributed by atoms with van der Waals surface area (Å²) in [7, 11) is 0. The second-order valence-electron chi connectivity index (χ2n) is 4.33. The maximum absolute atomic E-state index is 13.1. The van der Waals surface area contributed by atoms with Crippen molar-refractivity contribution < 1.29 is 14.1 Å². The van der Waals surface area contributed by atoms with E-state index in [-0.39, 0.29) is 5.56 Å². The van der Waals surface area contributed by atoms with E-state index in [4.69, 9.17) is 0 Å². The molecule has 2 aromatic rings. The molecule has 0 saturated carbocycles. The first-order valence-electron chi connectivity index (χ1n) is 6.26. The zero-order valence-corrected chi connectivity index (χ0v) is 11.0. The minimum Gasteiger partial charge on any atom is -0.352 e. The highest BCUT2D eigenvalue weighted by molar-refractivity contribution is 5.98. The molecule has 1 N–H and O–H groups in total. The molecule has 2 rings (SSSR count). The van der Waals surface area contributed by atoms with Gasteiger partial charge in [0.05, 0.1) is 11.3 Å². The van der Waals surface area contributed by atoms with Gasteiger partial charge in [0.25, 0.3) is 11.6 Å². The molecule has 0 saturated heterocycles. The van der Waals surface area contributed by atoms with Crippen LogP contribution in [0.25, 0.3) is 0 Å². The largest absolute Gasteiger partial charge is 0.352 e. The van der Waals surface area contributed by atoms with Gasteiger partial charge in [0.2, 0.25) is 0 Å². The Morgan fingerprint density at radius 2 is 2.29 bits per heavy atom. The molecule has 21 heavy (non-hydrogen) atoms. The fourth-order valence-electron chi connectivity index (χ4n) is 1.83. The van der Waals surface area contributed by atoms with E-state index in [2.05, 4.69) is 10.3 Å². The Kier molecular flexibility index (Phi) is 4.60. The fraction of sp³-hybridized carbons (Fsp3) is 0.231. The lowest BCUT2D eigenvalue weighted by Crippen LogP contribution is -2.26. The van der Waals surface area contributed by atoms with Gasteiger partial charge in [-0.2, -0.15) is 0 Å². The molecule has 0 spiro atoms. The van der Waals surface area contributed by atoms with Crippen LogP contribution in [0.15, 0.2) is 36.9 Å². The average Bonchev–Trinajstić information content (AvgIpc) is 2.96. The van der Waals surface area contributed by atoms with Crippen molar-refractivity contribution in [3.05, 3.63) is 58.4 Å². The van der Waals surface area contributed by atoms with Gasteiger partial charge >= 0.3 is 0 Å². The lowest BCUT2D eigenvalue weighted by molar-refractivity contribution is -0.385. The SMILES string of the molecule is O=C(NCCCn1ccnc1)c1cc(F)ccc1[N+](=O)[O-]. The van der Waals surface area contributed by atoms with Gasteiger partial charge in [0.1, 0.15) is 11.4 Å². The smallest absolute Gasteiger partial charge is 0.282 e. The third-order valence-electron chi connectivity index (χ3n) is 2.84. The zero-order chi connectivity index (χ0) is 15.2. The van der Waals surface area contributed by atoms with Crippen LogP contribution in [-0.4, -0.2) is 26.9 Å². The van der Waals surface area contributed by atoms with Gasteiger partial charge in [-0.15, -0.1) is 0 Å². The molecule has 110 valence electrons. The fourth-order valence-corrected chi connectivity index (χ4v) is 1.83. The van der Waals surface area contributed by atoms with E-state index in [1.165, 1.54) is 0 Å². The molecule has 8 heteroatoms. The maximum atomic E-state index is 13.1. The zero-order valence-electron chi connectivity index (χ0n) is 11.0. The highest BCUT2D eigenvalue weighted by atomic mass is 19.1. The number of rotatable bonds is 6. The first kappa shape index (κ1) is 14.6. The average molecular weight is 292 g/mol. The Morgan fingerprint density at radius 1 is 1.48 bits per heavy atom. The molecule has 1 amide bonds. The predicted octanol–water partition coefficient (Wildman–Crippen LogP) is 1.75. The lowest BCUT2D eigenvalue weighted by atomic mass is 10.1. The van der Waals surface area contributed by atoms with Crippen LogP contribution in [0.1, 0.15) is 16.8 Å². The van der Waals surface area contributed by atoms with Gasteiger partial charge in [-0.3, -0.25) is 14.9 Å². The van der Waals surface area contributed by atoms with E-state index in [0.29, 0.717) is 19.5 Å². The second kappa shape index (κ2) is 6.60. The minimum absolute atomic E-state index is 0.275. The minimum atomic E-state index is -0.708. The number of halogens is 1. The van der Waals surface area contributed by atoms with Crippen molar-refractivity contribution in [2.75, 3.05) is 6.54 Å². The number of nitro benzene ring substituents is 1. The number of benzene rings is 1. The van der Waals surface area contributed by atoms with E-state index in [1.807, 2.05) is 4.57 Å². The normalized spacial score (nSPS) is 10.3. The molecule has 0 unspecified atom stereocenters. The summed E-state index contributed by atoms with van der Waals surface area (Å²) in [5.74, 6) is -1.35. The van der Waals surface area contributed by atoms with Crippen LogP contribution in [0.3, 0.4) is 0 Å². The lowest BCUT2D eigenvalue weighted by Gasteiger charge is -2.06. The van der Waals surface area contributed by atoms with E-state index in [9.17, 15) is 19.3 Å². The number of hydrogen-bond acceptors (Lipinski definition) is 4. The third kappa shape index (κ3) is 3.85. The van der Waals surface area contributed by atoms with Crippen LogP contribution in [-0.2, 0) is 6.54 Å². The number of aryl methyl sites for hydroxylation is 1. The van der Waals surface area contributed by atoms with E-state index in [0.717, 1.165) is 18.2 Å². The van der Waals surface area contributed by atoms with Crippen molar-refractivity contribution in [2.24, 2.45) is 0 Å². The quantitative estimate of drug-likeness (QED) is 0.499. The molecular formula is C13H13FN4O3. The number of nitro groups is 1. The van der Waals surface area contributed by atoms with Gasteiger partial charge in [0.15, 0.2) is 0 Å². The summed E-state index contributed by atoms with van der Waals surface area (Å²) in [5.41, 5.74) is -0.689. The molecule has 0 aliphatic rings. The highest BCUT2D eigenvalue weighted by Gasteiger charge is 2.20. The monoisotopic (exact) mass is 292 g/mol. The van der Waals surface area contributed by atoms with Crippen molar-refractivity contribution in [1.82, 2.24) is 14.9 Å². The van der Waals surface area contributed by atoms with Gasteiger partial charge < -0.3 is 9.88 Å². The van der Waals surface area contributed by atoms with Crippen molar-refractivity contribution in [3.63, 3.8) is 0 Å². The van der Waals surface area contributed by atoms with E-state index in [1.54, 1.807) is 18.7 Å². The Bertz CT molecular complexity index is 643. The Labute approximate surface area is 119 Å². The van der Waals surface area contributed by atoms with Gasteiger partial charge in [-0.25, -0.2) is 9.37 Å². The molecule has 1 heterocycles. The molecule has 0 fully saturated rings. The molecule has 0 radical (unpaired) electrons. The van der Waals surface area contributed by atoms with Gasteiger partial charge in [-0.1, -0.05) is 0 Å². The first-order chi connectivity index (χ1) is 10.1. The maximum Gasteiger partial charge on any atom is 0.282 e. The van der Waals surface area contributed by atoms with E-state index >= 15 is 0 Å². The Hall–Kier alpha value is -2.77. The third-order valence-corrected chi connectivity index (χ3v) is 2.84. The number of aromatic nitrogens is 2. The van der Waals surface area contributed by atoms with Crippen LogP contribution in [0, 0.1) is 15.9 Å². The van der Waals surface area contributed by atoms with Crippen LogP contribution in [0.4, 0.5) is 10.1 Å². The van der Waals surface area contributed by atoms with Gasteiger partial charge in [0, 0.05) is 31.5 Å².